The van der Waals surface area contributed by atoms with Crippen molar-refractivity contribution in [3.05, 3.63) is 35.5 Å². The van der Waals surface area contributed by atoms with E-state index in [1.807, 2.05) is 24.4 Å². The van der Waals surface area contributed by atoms with Crippen LogP contribution in [0.25, 0.3) is 10.9 Å². The number of carbonyl (C=O) groups is 1. The first-order valence-corrected chi connectivity index (χ1v) is 5.46. The molecule has 17 heavy (non-hydrogen) atoms. The summed E-state index contributed by atoms with van der Waals surface area (Å²) in [7, 11) is 0. The number of nitrogens with one attached hydrogen (secondary N) is 2. The van der Waals surface area contributed by atoms with Crippen LogP contribution in [0.3, 0.4) is 0 Å². The lowest BCUT2D eigenvalue weighted by molar-refractivity contribution is 0.194. The molecule has 5 nitrogen and oxygen atoms in total. The van der Waals surface area contributed by atoms with E-state index in [0.29, 0.717) is 19.5 Å². The van der Waals surface area contributed by atoms with E-state index in [-0.39, 0.29) is 0 Å². The summed E-state index contributed by atoms with van der Waals surface area (Å²) >= 11 is 0. The van der Waals surface area contributed by atoms with Crippen molar-refractivity contribution in [3.8, 4) is 0 Å². The molecule has 1 amide bonds. The Labute approximate surface area is 98.6 Å². The minimum Gasteiger partial charge on any atom is -0.465 e. The van der Waals surface area contributed by atoms with E-state index >= 15 is 0 Å². The molecule has 5 N–H and O–H groups in total. The van der Waals surface area contributed by atoms with Crippen LogP contribution in [0.1, 0.15) is 11.1 Å². The monoisotopic (exact) mass is 233 g/mol. The molecule has 5 heteroatoms. The van der Waals surface area contributed by atoms with Crippen LogP contribution >= 0.6 is 0 Å². The van der Waals surface area contributed by atoms with Gasteiger partial charge in [0.25, 0.3) is 0 Å². The molecule has 1 aromatic carbocycles. The molecule has 0 spiro atoms. The number of hydrogen-bond acceptors (Lipinski definition) is 2. The Morgan fingerprint density at radius 3 is 3.00 bits per heavy atom. The van der Waals surface area contributed by atoms with Gasteiger partial charge in [-0.3, -0.25) is 0 Å². The van der Waals surface area contributed by atoms with Gasteiger partial charge in [0, 0.05) is 30.2 Å². The van der Waals surface area contributed by atoms with Gasteiger partial charge < -0.3 is 21.1 Å². The van der Waals surface area contributed by atoms with Crippen LogP contribution in [0.2, 0.25) is 0 Å². The molecule has 0 saturated carbocycles. The van der Waals surface area contributed by atoms with Gasteiger partial charge in [-0.15, -0.1) is 0 Å². The lowest BCUT2D eigenvalue weighted by atomic mass is 10.1. The number of H-pyrrole nitrogens is 1. The van der Waals surface area contributed by atoms with Crippen molar-refractivity contribution in [1.29, 1.82) is 0 Å². The third-order valence-corrected chi connectivity index (χ3v) is 2.74. The molecule has 0 radical (unpaired) electrons. The van der Waals surface area contributed by atoms with Gasteiger partial charge in [0.15, 0.2) is 0 Å². The predicted molar refractivity (Wildman–Crippen MR) is 65.9 cm³/mol. The van der Waals surface area contributed by atoms with Crippen molar-refractivity contribution < 1.29 is 9.90 Å². The van der Waals surface area contributed by atoms with Crippen LogP contribution in [0.4, 0.5) is 4.79 Å². The molecule has 0 aliphatic heterocycles. The van der Waals surface area contributed by atoms with Crippen molar-refractivity contribution in [2.45, 2.75) is 13.0 Å². The Bertz CT molecular complexity index is 534. The zero-order valence-electron chi connectivity index (χ0n) is 9.36. The van der Waals surface area contributed by atoms with Crippen LogP contribution < -0.4 is 11.1 Å². The number of carboxylic acid groups (broad SMARTS) is 1. The first-order valence-electron chi connectivity index (χ1n) is 5.46. The highest BCUT2D eigenvalue weighted by Crippen LogP contribution is 2.20. The second kappa shape index (κ2) is 4.88. The van der Waals surface area contributed by atoms with Crippen molar-refractivity contribution >= 4 is 17.0 Å². The van der Waals surface area contributed by atoms with E-state index in [1.54, 1.807) is 0 Å². The maximum absolute atomic E-state index is 10.4. The summed E-state index contributed by atoms with van der Waals surface area (Å²) in [6.45, 7) is 0.920. The zero-order valence-corrected chi connectivity index (χ0v) is 9.36. The normalized spacial score (nSPS) is 10.6. The van der Waals surface area contributed by atoms with Gasteiger partial charge in [-0.05, 0) is 29.7 Å². The Hall–Kier alpha value is -2.01. The summed E-state index contributed by atoms with van der Waals surface area (Å²) in [5.74, 6) is 0. The summed E-state index contributed by atoms with van der Waals surface area (Å²) in [5, 5.41) is 12.0. The van der Waals surface area contributed by atoms with Gasteiger partial charge in [-0.25, -0.2) is 4.79 Å². The molecule has 2 rings (SSSR count). The lowest BCUT2D eigenvalue weighted by Gasteiger charge is -2.01. The summed E-state index contributed by atoms with van der Waals surface area (Å²) in [4.78, 5) is 13.5. The van der Waals surface area contributed by atoms with Crippen molar-refractivity contribution in [2.24, 2.45) is 5.73 Å². The fourth-order valence-electron chi connectivity index (χ4n) is 1.86. The molecule has 0 saturated heterocycles. The first-order chi connectivity index (χ1) is 8.20. The molecule has 1 aromatic heterocycles. The molecule has 2 aromatic rings. The standard InChI is InChI=1S/C12H15N3O2/c13-6-8-1-2-11-10(5-8)9(7-15-11)3-4-14-12(16)17/h1-2,5,7,14-15H,3-4,6,13H2,(H,16,17). The van der Waals surface area contributed by atoms with Crippen molar-refractivity contribution in [2.75, 3.05) is 6.54 Å². The van der Waals surface area contributed by atoms with Gasteiger partial charge in [0.1, 0.15) is 0 Å². The van der Waals surface area contributed by atoms with Gasteiger partial charge >= 0.3 is 6.09 Å². The number of aromatic amines is 1. The number of hydrogen-bond donors (Lipinski definition) is 4. The van der Waals surface area contributed by atoms with Crippen LogP contribution in [0.15, 0.2) is 24.4 Å². The number of rotatable bonds is 4. The quantitative estimate of drug-likeness (QED) is 0.644. The van der Waals surface area contributed by atoms with E-state index in [1.165, 1.54) is 0 Å². The molecular weight excluding hydrogens is 218 g/mol. The zero-order chi connectivity index (χ0) is 12.3. The largest absolute Gasteiger partial charge is 0.465 e. The summed E-state index contributed by atoms with van der Waals surface area (Å²) in [5.41, 5.74) is 8.82. The van der Waals surface area contributed by atoms with E-state index in [9.17, 15) is 4.79 Å². The molecule has 0 atom stereocenters. The third kappa shape index (κ3) is 2.57. The second-order valence-corrected chi connectivity index (χ2v) is 3.88. The van der Waals surface area contributed by atoms with Crippen LogP contribution in [-0.2, 0) is 13.0 Å². The average molecular weight is 233 g/mol. The molecular formula is C12H15N3O2. The minimum atomic E-state index is -0.993. The topological polar surface area (TPSA) is 91.1 Å². The van der Waals surface area contributed by atoms with E-state index in [2.05, 4.69) is 10.3 Å². The van der Waals surface area contributed by atoms with Crippen LogP contribution in [0.5, 0.6) is 0 Å². The fourth-order valence-corrected chi connectivity index (χ4v) is 1.86. The SMILES string of the molecule is NCc1ccc2[nH]cc(CCNC(=O)O)c2c1. The summed E-state index contributed by atoms with van der Waals surface area (Å²) < 4.78 is 0. The van der Waals surface area contributed by atoms with Gasteiger partial charge in [0.05, 0.1) is 0 Å². The minimum absolute atomic E-state index is 0.412. The number of aromatic nitrogens is 1. The maximum Gasteiger partial charge on any atom is 0.404 e. The molecule has 0 bridgehead atoms. The highest BCUT2D eigenvalue weighted by atomic mass is 16.4. The number of amides is 1. The van der Waals surface area contributed by atoms with E-state index < -0.39 is 6.09 Å². The molecule has 90 valence electrons. The molecule has 0 unspecified atom stereocenters. The van der Waals surface area contributed by atoms with E-state index in [0.717, 1.165) is 22.0 Å². The fraction of sp³-hybridized carbons (Fsp3) is 0.250. The third-order valence-electron chi connectivity index (χ3n) is 2.74. The number of benzene rings is 1. The highest BCUT2D eigenvalue weighted by molar-refractivity contribution is 5.84. The molecule has 0 fully saturated rings. The average Bonchev–Trinajstić information content (AvgIpc) is 2.71. The van der Waals surface area contributed by atoms with Crippen molar-refractivity contribution in [1.82, 2.24) is 10.3 Å². The first kappa shape index (κ1) is 11.5. The van der Waals surface area contributed by atoms with Gasteiger partial charge in [-0.1, -0.05) is 6.07 Å². The van der Waals surface area contributed by atoms with Gasteiger partial charge in [0.2, 0.25) is 0 Å². The maximum atomic E-state index is 10.4. The number of fused-ring (bicyclic) bond motifs is 1. The smallest absolute Gasteiger partial charge is 0.404 e. The molecule has 0 aliphatic carbocycles. The molecule has 1 heterocycles. The van der Waals surface area contributed by atoms with Crippen LogP contribution in [-0.4, -0.2) is 22.7 Å². The second-order valence-electron chi connectivity index (χ2n) is 3.88. The summed E-state index contributed by atoms with van der Waals surface area (Å²) in [6, 6.07) is 6.02. The predicted octanol–water partition coefficient (Wildman–Crippen LogP) is 1.44. The highest BCUT2D eigenvalue weighted by Gasteiger charge is 2.04. The number of nitrogens with two attached hydrogens (primary N) is 1. The van der Waals surface area contributed by atoms with Crippen LogP contribution in [0, 0.1) is 0 Å². The Kier molecular flexibility index (Phi) is 3.30. The Balaban J connectivity index is 2.19. The Morgan fingerprint density at radius 2 is 2.29 bits per heavy atom. The van der Waals surface area contributed by atoms with Gasteiger partial charge in [-0.2, -0.15) is 0 Å². The summed E-state index contributed by atoms with van der Waals surface area (Å²) in [6.07, 6.45) is 1.59. The molecule has 0 aliphatic rings. The lowest BCUT2D eigenvalue weighted by Crippen LogP contribution is -2.23. The van der Waals surface area contributed by atoms with Crippen molar-refractivity contribution in [3.63, 3.8) is 0 Å². The van der Waals surface area contributed by atoms with E-state index in [4.69, 9.17) is 10.8 Å². The Morgan fingerprint density at radius 1 is 1.47 bits per heavy atom.